The summed E-state index contributed by atoms with van der Waals surface area (Å²) in [5.41, 5.74) is -0.308. The van der Waals surface area contributed by atoms with Gasteiger partial charge in [0.1, 0.15) is 17.1 Å². The van der Waals surface area contributed by atoms with E-state index in [0.717, 1.165) is 6.07 Å². The molecule has 1 atom stereocenters. The topological polar surface area (TPSA) is 49.8 Å². The molecular weight excluding hydrogens is 305 g/mol. The van der Waals surface area contributed by atoms with Gasteiger partial charge in [0.15, 0.2) is 0 Å². The Morgan fingerprint density at radius 3 is 2.83 bits per heavy atom. The summed E-state index contributed by atoms with van der Waals surface area (Å²) in [5.74, 6) is -1.65. The number of carbonyl (C=O) groups is 1. The fourth-order valence-corrected chi connectivity index (χ4v) is 2.23. The van der Waals surface area contributed by atoms with Gasteiger partial charge in [-0.3, -0.25) is 4.79 Å². The molecule has 0 spiro atoms. The second-order valence-corrected chi connectivity index (χ2v) is 5.17. The Labute approximate surface area is 113 Å². The van der Waals surface area contributed by atoms with E-state index in [0.29, 0.717) is 13.2 Å². The fraction of sp³-hybridized carbons (Fsp3) is 0.417. The molecule has 1 rings (SSSR count). The summed E-state index contributed by atoms with van der Waals surface area (Å²) in [6, 6.07) is 3.77. The minimum absolute atomic E-state index is 0.0506. The van der Waals surface area contributed by atoms with Crippen LogP contribution in [0, 0.1) is 5.82 Å². The van der Waals surface area contributed by atoms with E-state index >= 15 is 0 Å². The molecule has 0 aliphatic carbocycles. The Balaban J connectivity index is 2.81. The van der Waals surface area contributed by atoms with Gasteiger partial charge in [-0.1, -0.05) is 22.0 Å². The third-order valence-electron chi connectivity index (χ3n) is 2.37. The normalized spacial score (nSPS) is 12.2. The first-order valence-corrected chi connectivity index (χ1v) is 6.25. The third-order valence-corrected chi connectivity index (χ3v) is 2.93. The number of methoxy groups -OCH3 is 1. The summed E-state index contributed by atoms with van der Waals surface area (Å²) in [7, 11) is 3.09. The Morgan fingerprint density at radius 1 is 1.61 bits per heavy atom. The van der Waals surface area contributed by atoms with Crippen molar-refractivity contribution in [2.75, 3.05) is 27.3 Å². The van der Waals surface area contributed by atoms with Crippen LogP contribution < -0.4 is 0 Å². The lowest BCUT2D eigenvalue weighted by Crippen LogP contribution is -2.34. The highest BCUT2D eigenvalue weighted by molar-refractivity contribution is 9.09. The van der Waals surface area contributed by atoms with Gasteiger partial charge in [-0.25, -0.2) is 4.39 Å². The number of hydrogen-bond donors (Lipinski definition) is 1. The number of ether oxygens (including phenoxy) is 1. The van der Waals surface area contributed by atoms with Gasteiger partial charge >= 0.3 is 0 Å². The molecule has 0 bridgehead atoms. The summed E-state index contributed by atoms with van der Waals surface area (Å²) in [6.07, 6.45) is 0. The highest BCUT2D eigenvalue weighted by Crippen LogP contribution is 2.21. The number of aromatic hydroxyl groups is 1. The van der Waals surface area contributed by atoms with E-state index in [1.165, 1.54) is 24.1 Å². The summed E-state index contributed by atoms with van der Waals surface area (Å²) in [4.78, 5) is 13.3. The molecule has 1 N–H and O–H groups in total. The highest BCUT2D eigenvalue weighted by atomic mass is 79.9. The monoisotopic (exact) mass is 319 g/mol. The maximum atomic E-state index is 13.5. The smallest absolute Gasteiger partial charge is 0.260 e. The van der Waals surface area contributed by atoms with Gasteiger partial charge in [0, 0.05) is 20.7 Å². The number of alkyl halides is 1. The number of amides is 1. The Hall–Kier alpha value is -1.14. The largest absolute Gasteiger partial charge is 0.507 e. The Kier molecular flexibility index (Phi) is 5.55. The molecule has 6 heteroatoms. The lowest BCUT2D eigenvalue weighted by molar-refractivity contribution is 0.0776. The lowest BCUT2D eigenvalue weighted by atomic mass is 10.1. The standard InChI is InChI=1S/C12H15BrFNO3/c1-15(6-8(13)7-18-2)12(17)11-9(14)4-3-5-10(11)16/h3-5,8,16H,6-7H2,1-2H3. The SMILES string of the molecule is COCC(Br)CN(C)C(=O)c1c(O)cccc1F. The van der Waals surface area contributed by atoms with Gasteiger partial charge < -0.3 is 14.7 Å². The molecule has 0 saturated heterocycles. The van der Waals surface area contributed by atoms with Crippen LogP contribution in [0.4, 0.5) is 4.39 Å². The van der Waals surface area contributed by atoms with Gasteiger partial charge in [0.2, 0.25) is 0 Å². The zero-order chi connectivity index (χ0) is 13.7. The summed E-state index contributed by atoms with van der Waals surface area (Å²) >= 11 is 3.34. The number of halogens is 2. The molecule has 0 radical (unpaired) electrons. The average molecular weight is 320 g/mol. The summed E-state index contributed by atoms with van der Waals surface area (Å²) < 4.78 is 18.4. The number of nitrogens with zero attached hydrogens (tertiary/aromatic N) is 1. The predicted molar refractivity (Wildman–Crippen MR) is 69.6 cm³/mol. The Bertz CT molecular complexity index is 408. The fourth-order valence-electron chi connectivity index (χ4n) is 1.53. The summed E-state index contributed by atoms with van der Waals surface area (Å²) in [5, 5.41) is 9.52. The second kappa shape index (κ2) is 6.70. The van der Waals surface area contributed by atoms with Crippen molar-refractivity contribution in [1.29, 1.82) is 0 Å². The van der Waals surface area contributed by atoms with Crippen molar-refractivity contribution < 1.29 is 19.0 Å². The molecule has 1 unspecified atom stereocenters. The zero-order valence-corrected chi connectivity index (χ0v) is 11.8. The van der Waals surface area contributed by atoms with Crippen LogP contribution in [-0.4, -0.2) is 48.0 Å². The van der Waals surface area contributed by atoms with Gasteiger partial charge in [-0.05, 0) is 12.1 Å². The zero-order valence-electron chi connectivity index (χ0n) is 10.2. The molecule has 1 amide bonds. The van der Waals surface area contributed by atoms with Crippen LogP contribution in [0.25, 0.3) is 0 Å². The first kappa shape index (κ1) is 14.9. The number of rotatable bonds is 5. The first-order valence-electron chi connectivity index (χ1n) is 5.33. The highest BCUT2D eigenvalue weighted by Gasteiger charge is 2.21. The van der Waals surface area contributed by atoms with Gasteiger partial charge in [0.05, 0.1) is 11.4 Å². The van der Waals surface area contributed by atoms with Gasteiger partial charge in [-0.15, -0.1) is 0 Å². The van der Waals surface area contributed by atoms with Crippen molar-refractivity contribution >= 4 is 21.8 Å². The van der Waals surface area contributed by atoms with E-state index in [1.807, 2.05) is 0 Å². The molecule has 0 aromatic heterocycles. The van der Waals surface area contributed by atoms with E-state index in [4.69, 9.17) is 4.74 Å². The van der Waals surface area contributed by atoms with Crippen LogP contribution in [0.15, 0.2) is 18.2 Å². The van der Waals surface area contributed by atoms with Crippen molar-refractivity contribution in [2.45, 2.75) is 4.83 Å². The van der Waals surface area contributed by atoms with Crippen molar-refractivity contribution in [3.8, 4) is 5.75 Å². The van der Waals surface area contributed by atoms with Crippen LogP contribution >= 0.6 is 15.9 Å². The number of hydrogen-bond acceptors (Lipinski definition) is 3. The lowest BCUT2D eigenvalue weighted by Gasteiger charge is -2.20. The van der Waals surface area contributed by atoms with Gasteiger partial charge in [-0.2, -0.15) is 0 Å². The van der Waals surface area contributed by atoms with Gasteiger partial charge in [0.25, 0.3) is 5.91 Å². The first-order chi connectivity index (χ1) is 8.47. The van der Waals surface area contributed by atoms with E-state index in [2.05, 4.69) is 15.9 Å². The molecule has 1 aromatic carbocycles. The van der Waals surface area contributed by atoms with E-state index in [-0.39, 0.29) is 16.1 Å². The van der Waals surface area contributed by atoms with E-state index in [9.17, 15) is 14.3 Å². The van der Waals surface area contributed by atoms with Crippen molar-refractivity contribution in [3.63, 3.8) is 0 Å². The molecule has 0 saturated carbocycles. The predicted octanol–water partition coefficient (Wildman–Crippen LogP) is 2.01. The van der Waals surface area contributed by atoms with Crippen molar-refractivity contribution in [3.05, 3.63) is 29.6 Å². The number of phenolic OH excluding ortho intramolecular Hbond substituents is 1. The molecule has 0 aliphatic rings. The number of carbonyl (C=O) groups excluding carboxylic acids is 1. The third kappa shape index (κ3) is 3.68. The molecule has 100 valence electrons. The Morgan fingerprint density at radius 2 is 2.28 bits per heavy atom. The summed E-state index contributed by atoms with van der Waals surface area (Å²) in [6.45, 7) is 0.779. The maximum absolute atomic E-state index is 13.5. The van der Waals surface area contributed by atoms with Crippen LogP contribution in [0.3, 0.4) is 0 Å². The molecule has 4 nitrogen and oxygen atoms in total. The second-order valence-electron chi connectivity index (χ2n) is 3.87. The van der Waals surface area contributed by atoms with Crippen molar-refractivity contribution in [2.24, 2.45) is 0 Å². The van der Waals surface area contributed by atoms with Crippen LogP contribution in [0.5, 0.6) is 5.75 Å². The average Bonchev–Trinajstić information content (AvgIpc) is 2.28. The molecular formula is C12H15BrFNO3. The van der Waals surface area contributed by atoms with E-state index < -0.39 is 11.7 Å². The molecule has 0 fully saturated rings. The minimum atomic E-state index is -0.732. The minimum Gasteiger partial charge on any atom is -0.507 e. The molecule has 18 heavy (non-hydrogen) atoms. The molecule has 1 aromatic rings. The quantitative estimate of drug-likeness (QED) is 0.845. The maximum Gasteiger partial charge on any atom is 0.260 e. The van der Waals surface area contributed by atoms with Crippen LogP contribution in [0.1, 0.15) is 10.4 Å². The van der Waals surface area contributed by atoms with E-state index in [1.54, 1.807) is 7.11 Å². The van der Waals surface area contributed by atoms with Crippen molar-refractivity contribution in [1.82, 2.24) is 4.90 Å². The van der Waals surface area contributed by atoms with Crippen LogP contribution in [0.2, 0.25) is 0 Å². The number of benzene rings is 1. The molecule has 0 heterocycles. The molecule has 0 aliphatic heterocycles. The van der Waals surface area contributed by atoms with Crippen LogP contribution in [-0.2, 0) is 4.74 Å². The number of phenols is 1.